The summed E-state index contributed by atoms with van der Waals surface area (Å²) in [6.07, 6.45) is 5.70. The van der Waals surface area contributed by atoms with Crippen LogP contribution in [-0.2, 0) is 11.8 Å². The molecule has 0 bridgehead atoms. The molecule has 0 spiro atoms. The molecule has 1 amide bonds. The van der Waals surface area contributed by atoms with Crippen molar-refractivity contribution in [2.75, 3.05) is 12.4 Å². The highest BCUT2D eigenvalue weighted by atomic mass is 16.5. The number of aromatic nitrogens is 6. The summed E-state index contributed by atoms with van der Waals surface area (Å²) in [5.41, 5.74) is 4.48. The van der Waals surface area contributed by atoms with E-state index in [1.165, 1.54) is 0 Å². The van der Waals surface area contributed by atoms with Crippen LogP contribution < -0.4 is 15.4 Å². The Morgan fingerprint density at radius 2 is 1.97 bits per heavy atom. The molecule has 4 aromatic rings. The molecule has 1 saturated carbocycles. The fourth-order valence-corrected chi connectivity index (χ4v) is 4.49. The summed E-state index contributed by atoms with van der Waals surface area (Å²) in [7, 11) is 3.49. The van der Waals surface area contributed by atoms with Crippen molar-refractivity contribution in [3.05, 3.63) is 24.4 Å². The van der Waals surface area contributed by atoms with Gasteiger partial charge in [-0.05, 0) is 43.4 Å². The van der Waals surface area contributed by atoms with Gasteiger partial charge < -0.3 is 20.4 Å². The zero-order chi connectivity index (χ0) is 22.2. The van der Waals surface area contributed by atoms with E-state index in [0.29, 0.717) is 17.5 Å². The molecule has 166 valence electrons. The quantitative estimate of drug-likeness (QED) is 0.441. The van der Waals surface area contributed by atoms with Crippen molar-refractivity contribution in [2.45, 2.75) is 44.7 Å². The van der Waals surface area contributed by atoms with Gasteiger partial charge in [0.2, 0.25) is 17.7 Å². The fraction of sp³-hybridized carbons (Fsp3) is 0.409. The molecule has 1 aliphatic rings. The van der Waals surface area contributed by atoms with Crippen molar-refractivity contribution in [1.82, 2.24) is 35.3 Å². The van der Waals surface area contributed by atoms with Crippen molar-refractivity contribution >= 4 is 33.9 Å². The Bertz CT molecular complexity index is 1290. The van der Waals surface area contributed by atoms with Crippen LogP contribution in [-0.4, -0.2) is 55.0 Å². The average Bonchev–Trinajstić information content (AvgIpc) is 3.37. The maximum atomic E-state index is 11.3. The minimum absolute atomic E-state index is 0.0290. The topological polar surface area (TPSA) is 123 Å². The van der Waals surface area contributed by atoms with E-state index in [-0.39, 0.29) is 18.0 Å². The standard InChI is InChI=1S/C22H26N8O2/c1-12(31)24-14-5-7-15(8-6-14)25-22-26-20-19(21(27-22)32-3)16(11-23-20)13-4-9-17-18(10-13)30(2)29-28-17/h4,9-11,14-15H,5-8H2,1-3H3,(H,24,31)(H2,23,25,26,27). The zero-order valence-electron chi connectivity index (χ0n) is 18.3. The van der Waals surface area contributed by atoms with Gasteiger partial charge in [0.15, 0.2) is 0 Å². The number of methoxy groups -OCH3 is 1. The molecule has 32 heavy (non-hydrogen) atoms. The summed E-state index contributed by atoms with van der Waals surface area (Å²) in [4.78, 5) is 23.9. The summed E-state index contributed by atoms with van der Waals surface area (Å²) < 4.78 is 7.40. The number of H-pyrrole nitrogens is 1. The van der Waals surface area contributed by atoms with Gasteiger partial charge in [-0.25, -0.2) is 4.68 Å². The van der Waals surface area contributed by atoms with Crippen LogP contribution in [0.1, 0.15) is 32.6 Å². The van der Waals surface area contributed by atoms with E-state index < -0.39 is 0 Å². The highest BCUT2D eigenvalue weighted by molar-refractivity contribution is 5.99. The third-order valence-corrected chi connectivity index (χ3v) is 6.08. The molecule has 0 atom stereocenters. The molecule has 0 saturated heterocycles. The summed E-state index contributed by atoms with van der Waals surface area (Å²) in [6.45, 7) is 1.57. The van der Waals surface area contributed by atoms with E-state index in [4.69, 9.17) is 9.72 Å². The molecule has 3 aromatic heterocycles. The Labute approximate surface area is 184 Å². The predicted molar refractivity (Wildman–Crippen MR) is 121 cm³/mol. The minimum Gasteiger partial charge on any atom is -0.480 e. The third kappa shape index (κ3) is 3.72. The molecule has 10 nitrogen and oxygen atoms in total. The number of aryl methyl sites for hydroxylation is 1. The Hall–Kier alpha value is -3.69. The number of carbonyl (C=O) groups excluding carboxylic acids is 1. The second-order valence-electron chi connectivity index (χ2n) is 8.29. The molecule has 5 rings (SSSR count). The second kappa shape index (κ2) is 8.10. The van der Waals surface area contributed by atoms with Crippen LogP contribution in [0.15, 0.2) is 24.4 Å². The van der Waals surface area contributed by atoms with Gasteiger partial charge in [0.05, 0.1) is 18.0 Å². The van der Waals surface area contributed by atoms with Crippen molar-refractivity contribution in [3.8, 4) is 17.0 Å². The number of rotatable bonds is 5. The van der Waals surface area contributed by atoms with E-state index in [9.17, 15) is 4.79 Å². The number of nitrogens with zero attached hydrogens (tertiary/aromatic N) is 5. The summed E-state index contributed by atoms with van der Waals surface area (Å²) in [5.74, 6) is 1.09. The van der Waals surface area contributed by atoms with Gasteiger partial charge in [-0.2, -0.15) is 9.97 Å². The molecule has 0 aliphatic heterocycles. The minimum atomic E-state index is 0.0290. The Morgan fingerprint density at radius 3 is 2.72 bits per heavy atom. The number of aromatic amines is 1. The number of anilines is 1. The number of hydrogen-bond donors (Lipinski definition) is 3. The lowest BCUT2D eigenvalue weighted by Crippen LogP contribution is -2.39. The molecule has 1 fully saturated rings. The van der Waals surface area contributed by atoms with E-state index in [1.807, 2.05) is 25.4 Å². The first kappa shape index (κ1) is 20.2. The molecular weight excluding hydrogens is 408 g/mol. The van der Waals surface area contributed by atoms with Gasteiger partial charge in [0, 0.05) is 37.8 Å². The number of nitrogens with one attached hydrogen (secondary N) is 3. The van der Waals surface area contributed by atoms with Gasteiger partial charge in [-0.3, -0.25) is 4.79 Å². The summed E-state index contributed by atoms with van der Waals surface area (Å²) >= 11 is 0. The number of ether oxygens (including phenoxy) is 1. The fourth-order valence-electron chi connectivity index (χ4n) is 4.49. The average molecular weight is 435 g/mol. The molecule has 0 unspecified atom stereocenters. The smallest absolute Gasteiger partial charge is 0.228 e. The molecule has 3 N–H and O–H groups in total. The lowest BCUT2D eigenvalue weighted by molar-refractivity contribution is -0.119. The number of amides is 1. The van der Waals surface area contributed by atoms with Crippen LogP contribution in [0, 0.1) is 0 Å². The highest BCUT2D eigenvalue weighted by Gasteiger charge is 2.23. The van der Waals surface area contributed by atoms with Gasteiger partial charge in [0.25, 0.3) is 0 Å². The summed E-state index contributed by atoms with van der Waals surface area (Å²) in [5, 5.41) is 15.5. The third-order valence-electron chi connectivity index (χ3n) is 6.08. The molecule has 1 aromatic carbocycles. The van der Waals surface area contributed by atoms with Gasteiger partial charge >= 0.3 is 0 Å². The first-order valence-corrected chi connectivity index (χ1v) is 10.8. The van der Waals surface area contributed by atoms with Crippen molar-refractivity contribution in [2.24, 2.45) is 7.05 Å². The Balaban J connectivity index is 1.41. The molecular formula is C22H26N8O2. The molecule has 1 aliphatic carbocycles. The van der Waals surface area contributed by atoms with Gasteiger partial charge in [-0.1, -0.05) is 11.3 Å². The first-order valence-electron chi connectivity index (χ1n) is 10.8. The number of hydrogen-bond acceptors (Lipinski definition) is 7. The second-order valence-corrected chi connectivity index (χ2v) is 8.29. The van der Waals surface area contributed by atoms with Crippen LogP contribution in [0.5, 0.6) is 5.88 Å². The van der Waals surface area contributed by atoms with E-state index in [0.717, 1.165) is 53.2 Å². The van der Waals surface area contributed by atoms with Crippen molar-refractivity contribution in [3.63, 3.8) is 0 Å². The van der Waals surface area contributed by atoms with Gasteiger partial charge in [-0.15, -0.1) is 5.10 Å². The van der Waals surface area contributed by atoms with Crippen LogP contribution >= 0.6 is 0 Å². The molecule has 10 heteroatoms. The normalized spacial score (nSPS) is 18.7. The van der Waals surface area contributed by atoms with E-state index in [2.05, 4.69) is 37.0 Å². The van der Waals surface area contributed by atoms with E-state index >= 15 is 0 Å². The number of carbonyl (C=O) groups is 1. The maximum Gasteiger partial charge on any atom is 0.228 e. The monoisotopic (exact) mass is 434 g/mol. The van der Waals surface area contributed by atoms with Crippen molar-refractivity contribution in [1.29, 1.82) is 0 Å². The molecule has 0 radical (unpaired) electrons. The lowest BCUT2D eigenvalue weighted by Gasteiger charge is -2.29. The zero-order valence-corrected chi connectivity index (χ0v) is 18.3. The van der Waals surface area contributed by atoms with Crippen LogP contribution in [0.2, 0.25) is 0 Å². The predicted octanol–water partition coefficient (Wildman–Crippen LogP) is 2.77. The van der Waals surface area contributed by atoms with Crippen LogP contribution in [0.25, 0.3) is 33.2 Å². The van der Waals surface area contributed by atoms with Crippen molar-refractivity contribution < 1.29 is 9.53 Å². The van der Waals surface area contributed by atoms with Gasteiger partial charge in [0.1, 0.15) is 11.2 Å². The SMILES string of the molecule is COc1nc(NC2CCC(NC(C)=O)CC2)nc2[nH]cc(-c3ccc4nnn(C)c4c3)c12. The summed E-state index contributed by atoms with van der Waals surface area (Å²) in [6, 6.07) is 6.53. The lowest BCUT2D eigenvalue weighted by atomic mass is 9.91. The Kier molecular flexibility index (Phi) is 5.12. The maximum absolute atomic E-state index is 11.3. The number of fused-ring (bicyclic) bond motifs is 2. The number of benzene rings is 1. The van der Waals surface area contributed by atoms with Crippen LogP contribution in [0.4, 0.5) is 5.95 Å². The molecule has 3 heterocycles. The first-order chi connectivity index (χ1) is 15.5. The Morgan fingerprint density at radius 1 is 1.19 bits per heavy atom. The van der Waals surface area contributed by atoms with Crippen LogP contribution in [0.3, 0.4) is 0 Å². The van der Waals surface area contributed by atoms with E-state index in [1.54, 1.807) is 18.7 Å². The largest absolute Gasteiger partial charge is 0.480 e. The highest BCUT2D eigenvalue weighted by Crippen LogP contribution is 2.35.